The first kappa shape index (κ1) is 12.5. The van der Waals surface area contributed by atoms with Crippen molar-refractivity contribution >= 4 is 5.91 Å². The Hall–Kier alpha value is -0.570. The molecule has 3 heteroatoms. The van der Waals surface area contributed by atoms with Crippen molar-refractivity contribution in [3.8, 4) is 0 Å². The Morgan fingerprint density at radius 1 is 1.17 bits per heavy atom. The Bertz CT molecular complexity index is 340. The number of nitrogens with two attached hydrogens (primary N) is 1. The molecule has 0 aromatic heterocycles. The van der Waals surface area contributed by atoms with Gasteiger partial charge in [-0.1, -0.05) is 26.7 Å². The fraction of sp³-hybridized carbons (Fsp3) is 0.933. The summed E-state index contributed by atoms with van der Waals surface area (Å²) in [6, 6.07) is 0.239. The molecule has 0 spiro atoms. The Labute approximate surface area is 110 Å². The van der Waals surface area contributed by atoms with E-state index in [-0.39, 0.29) is 11.5 Å². The SMILES string of the molecule is CC1(C)CN(C(=O)C2C3CCCCC32)CCC1N. The van der Waals surface area contributed by atoms with Crippen molar-refractivity contribution in [1.29, 1.82) is 0 Å². The van der Waals surface area contributed by atoms with Gasteiger partial charge in [-0.05, 0) is 36.5 Å². The number of hydrogen-bond donors (Lipinski definition) is 1. The van der Waals surface area contributed by atoms with Gasteiger partial charge in [0.1, 0.15) is 0 Å². The Morgan fingerprint density at radius 2 is 1.78 bits per heavy atom. The van der Waals surface area contributed by atoms with E-state index in [0.717, 1.165) is 31.3 Å². The third kappa shape index (κ3) is 1.97. The van der Waals surface area contributed by atoms with Crippen LogP contribution in [-0.4, -0.2) is 29.9 Å². The summed E-state index contributed by atoms with van der Waals surface area (Å²) in [5, 5.41) is 0. The average Bonchev–Trinajstić information content (AvgIpc) is 3.06. The number of carbonyl (C=O) groups is 1. The molecule has 3 rings (SSSR count). The molecule has 3 fully saturated rings. The van der Waals surface area contributed by atoms with Crippen LogP contribution in [0, 0.1) is 23.2 Å². The lowest BCUT2D eigenvalue weighted by Gasteiger charge is -2.42. The van der Waals surface area contributed by atoms with Gasteiger partial charge >= 0.3 is 0 Å². The second kappa shape index (κ2) is 4.22. The van der Waals surface area contributed by atoms with Crippen molar-refractivity contribution in [1.82, 2.24) is 4.90 Å². The van der Waals surface area contributed by atoms with Crippen molar-refractivity contribution in [3.05, 3.63) is 0 Å². The van der Waals surface area contributed by atoms with Crippen molar-refractivity contribution in [3.63, 3.8) is 0 Å². The molecule has 2 N–H and O–H groups in total. The molecule has 1 heterocycles. The Kier molecular flexibility index (Phi) is 2.92. The van der Waals surface area contributed by atoms with E-state index in [1.807, 2.05) is 0 Å². The van der Waals surface area contributed by atoms with Gasteiger partial charge in [0.2, 0.25) is 5.91 Å². The van der Waals surface area contributed by atoms with E-state index in [1.165, 1.54) is 25.7 Å². The highest BCUT2D eigenvalue weighted by Crippen LogP contribution is 2.56. The quantitative estimate of drug-likeness (QED) is 0.774. The number of nitrogens with zero attached hydrogens (tertiary/aromatic N) is 1. The Balaban J connectivity index is 1.64. The lowest BCUT2D eigenvalue weighted by molar-refractivity contribution is -0.136. The number of amides is 1. The molecule has 1 saturated heterocycles. The predicted octanol–water partition coefficient (Wildman–Crippen LogP) is 2.01. The minimum atomic E-state index is 0.0774. The van der Waals surface area contributed by atoms with Crippen LogP contribution < -0.4 is 5.73 Å². The average molecular weight is 250 g/mol. The molecule has 3 unspecified atom stereocenters. The molecule has 3 atom stereocenters. The highest BCUT2D eigenvalue weighted by Gasteiger charge is 2.56. The second-order valence-corrected chi connectivity index (χ2v) is 7.28. The fourth-order valence-electron chi connectivity index (χ4n) is 4.13. The summed E-state index contributed by atoms with van der Waals surface area (Å²) >= 11 is 0. The summed E-state index contributed by atoms with van der Waals surface area (Å²) in [5.74, 6) is 2.26. The van der Waals surface area contributed by atoms with Gasteiger partial charge in [0.05, 0.1) is 0 Å². The zero-order valence-corrected chi connectivity index (χ0v) is 11.7. The van der Waals surface area contributed by atoms with Crippen LogP contribution in [0.3, 0.4) is 0 Å². The molecule has 18 heavy (non-hydrogen) atoms. The first-order valence-electron chi connectivity index (χ1n) is 7.55. The smallest absolute Gasteiger partial charge is 0.226 e. The molecule has 0 radical (unpaired) electrons. The molecular formula is C15H26N2O. The number of fused-ring (bicyclic) bond motifs is 1. The van der Waals surface area contributed by atoms with E-state index in [1.54, 1.807) is 0 Å². The zero-order valence-electron chi connectivity index (χ0n) is 11.7. The zero-order chi connectivity index (χ0) is 12.9. The first-order chi connectivity index (χ1) is 8.50. The van der Waals surface area contributed by atoms with E-state index in [9.17, 15) is 4.79 Å². The van der Waals surface area contributed by atoms with Crippen LogP contribution >= 0.6 is 0 Å². The lowest BCUT2D eigenvalue weighted by Crippen LogP contribution is -2.54. The van der Waals surface area contributed by atoms with Gasteiger partial charge < -0.3 is 10.6 Å². The number of carbonyl (C=O) groups excluding carboxylic acids is 1. The topological polar surface area (TPSA) is 46.3 Å². The van der Waals surface area contributed by atoms with Crippen molar-refractivity contribution in [2.45, 2.75) is 52.0 Å². The fourth-order valence-corrected chi connectivity index (χ4v) is 4.13. The van der Waals surface area contributed by atoms with Crippen molar-refractivity contribution in [2.24, 2.45) is 28.9 Å². The molecule has 0 bridgehead atoms. The van der Waals surface area contributed by atoms with Crippen molar-refractivity contribution in [2.75, 3.05) is 13.1 Å². The molecule has 3 nitrogen and oxygen atoms in total. The van der Waals surface area contributed by atoms with E-state index >= 15 is 0 Å². The highest BCUT2D eigenvalue weighted by molar-refractivity contribution is 5.82. The number of rotatable bonds is 1. The van der Waals surface area contributed by atoms with Gasteiger partial charge in [0, 0.05) is 25.0 Å². The third-order valence-corrected chi connectivity index (χ3v) is 5.57. The van der Waals surface area contributed by atoms with Gasteiger partial charge in [-0.15, -0.1) is 0 Å². The van der Waals surface area contributed by atoms with Gasteiger partial charge in [-0.25, -0.2) is 0 Å². The largest absolute Gasteiger partial charge is 0.342 e. The summed E-state index contributed by atoms with van der Waals surface area (Å²) in [6.07, 6.45) is 6.21. The minimum absolute atomic E-state index is 0.0774. The molecule has 2 saturated carbocycles. The molecule has 102 valence electrons. The summed E-state index contributed by atoms with van der Waals surface area (Å²) in [5.41, 5.74) is 6.22. The second-order valence-electron chi connectivity index (χ2n) is 7.28. The summed E-state index contributed by atoms with van der Waals surface area (Å²) < 4.78 is 0. The normalized spacial score (nSPS) is 42.3. The van der Waals surface area contributed by atoms with E-state index in [0.29, 0.717) is 11.8 Å². The predicted molar refractivity (Wildman–Crippen MR) is 71.9 cm³/mol. The molecule has 0 aromatic rings. The summed E-state index contributed by atoms with van der Waals surface area (Å²) in [4.78, 5) is 14.7. The molecule has 2 aliphatic carbocycles. The summed E-state index contributed by atoms with van der Waals surface area (Å²) in [7, 11) is 0. The molecule has 1 aliphatic heterocycles. The molecule has 1 amide bonds. The molecular weight excluding hydrogens is 224 g/mol. The molecule has 0 aromatic carbocycles. The van der Waals surface area contributed by atoms with Crippen LogP contribution in [0.1, 0.15) is 46.0 Å². The van der Waals surface area contributed by atoms with Crippen LogP contribution in [0.4, 0.5) is 0 Å². The van der Waals surface area contributed by atoms with Crippen LogP contribution in [0.5, 0.6) is 0 Å². The van der Waals surface area contributed by atoms with Gasteiger partial charge in [-0.2, -0.15) is 0 Å². The van der Waals surface area contributed by atoms with E-state index < -0.39 is 0 Å². The van der Waals surface area contributed by atoms with Gasteiger partial charge in [0.25, 0.3) is 0 Å². The standard InChI is InChI=1S/C15H26N2O/c1-15(2)9-17(8-7-12(15)16)14(18)13-10-5-3-4-6-11(10)13/h10-13H,3-9,16H2,1-2H3. The minimum Gasteiger partial charge on any atom is -0.342 e. The number of likely N-dealkylation sites (tertiary alicyclic amines) is 1. The summed E-state index contributed by atoms with van der Waals surface area (Å²) in [6.45, 7) is 6.11. The van der Waals surface area contributed by atoms with Crippen LogP contribution in [0.15, 0.2) is 0 Å². The van der Waals surface area contributed by atoms with Crippen LogP contribution in [0.2, 0.25) is 0 Å². The number of hydrogen-bond acceptors (Lipinski definition) is 2. The van der Waals surface area contributed by atoms with Crippen LogP contribution in [-0.2, 0) is 4.79 Å². The Morgan fingerprint density at radius 3 is 2.33 bits per heavy atom. The van der Waals surface area contributed by atoms with Crippen LogP contribution in [0.25, 0.3) is 0 Å². The highest BCUT2D eigenvalue weighted by atomic mass is 16.2. The van der Waals surface area contributed by atoms with Gasteiger partial charge in [-0.3, -0.25) is 4.79 Å². The van der Waals surface area contributed by atoms with E-state index in [2.05, 4.69) is 18.7 Å². The van der Waals surface area contributed by atoms with E-state index in [4.69, 9.17) is 5.73 Å². The number of piperidine rings is 1. The van der Waals surface area contributed by atoms with Gasteiger partial charge in [0.15, 0.2) is 0 Å². The maximum absolute atomic E-state index is 12.6. The van der Waals surface area contributed by atoms with Crippen molar-refractivity contribution < 1.29 is 4.79 Å². The molecule has 3 aliphatic rings. The lowest BCUT2D eigenvalue weighted by atomic mass is 9.79. The maximum atomic E-state index is 12.6. The maximum Gasteiger partial charge on any atom is 0.226 e. The first-order valence-corrected chi connectivity index (χ1v) is 7.55. The third-order valence-electron chi connectivity index (χ3n) is 5.57. The monoisotopic (exact) mass is 250 g/mol.